The molecule has 3 aromatic rings. The highest BCUT2D eigenvalue weighted by Crippen LogP contribution is 2.36. The standard InChI is InChI=1S/C29H38ClN7O3S/c1-36-14-12-22(13-15-36)37-16-10-20(11-17-37)21-8-9-26(27(18-21)40-2)33-29-31-19-23(30)28(34-29)32-24-6-4-5-7-25(24)35-41(3,38)39/h4-9,18-20,22,35H,10-17H2,1-3H3,(H2,31,32,33,34). The van der Waals surface area contributed by atoms with Crippen LogP contribution in [0.1, 0.15) is 37.2 Å². The minimum atomic E-state index is -3.47. The van der Waals surface area contributed by atoms with Gasteiger partial charge in [0, 0.05) is 6.04 Å². The average molecular weight is 600 g/mol. The van der Waals surface area contributed by atoms with E-state index in [0.717, 1.165) is 49.7 Å². The molecule has 0 spiro atoms. The lowest BCUT2D eigenvalue weighted by atomic mass is 9.87. The lowest BCUT2D eigenvalue weighted by molar-refractivity contribution is 0.0966. The van der Waals surface area contributed by atoms with Gasteiger partial charge in [0.2, 0.25) is 16.0 Å². The molecule has 2 aliphatic heterocycles. The van der Waals surface area contributed by atoms with E-state index in [1.54, 1.807) is 31.4 Å². The van der Waals surface area contributed by atoms with Crippen molar-refractivity contribution in [3.05, 3.63) is 59.2 Å². The summed E-state index contributed by atoms with van der Waals surface area (Å²) < 4.78 is 31.8. The van der Waals surface area contributed by atoms with Gasteiger partial charge in [-0.15, -0.1) is 0 Å². The summed E-state index contributed by atoms with van der Waals surface area (Å²) in [6.07, 6.45) is 7.42. The van der Waals surface area contributed by atoms with Crippen molar-refractivity contribution < 1.29 is 13.2 Å². The quantitative estimate of drug-likeness (QED) is 0.303. The zero-order valence-electron chi connectivity index (χ0n) is 23.7. The molecule has 0 bridgehead atoms. The van der Waals surface area contributed by atoms with Crippen LogP contribution in [0.5, 0.6) is 5.75 Å². The molecule has 12 heteroatoms. The molecule has 2 saturated heterocycles. The average Bonchev–Trinajstić information content (AvgIpc) is 2.96. The highest BCUT2D eigenvalue weighted by atomic mass is 35.5. The summed E-state index contributed by atoms with van der Waals surface area (Å²) in [7, 11) is 0.408. The minimum absolute atomic E-state index is 0.290. The van der Waals surface area contributed by atoms with Crippen LogP contribution in [0.3, 0.4) is 0 Å². The Morgan fingerprint density at radius 1 is 0.951 bits per heavy atom. The van der Waals surface area contributed by atoms with Gasteiger partial charge < -0.3 is 25.2 Å². The Morgan fingerprint density at radius 3 is 2.34 bits per heavy atom. The van der Waals surface area contributed by atoms with E-state index in [9.17, 15) is 8.42 Å². The van der Waals surface area contributed by atoms with Crippen molar-refractivity contribution >= 4 is 50.5 Å². The Morgan fingerprint density at radius 2 is 1.66 bits per heavy atom. The summed E-state index contributed by atoms with van der Waals surface area (Å²) in [5, 5.41) is 6.65. The minimum Gasteiger partial charge on any atom is -0.495 e. The summed E-state index contributed by atoms with van der Waals surface area (Å²) in [5.74, 6) is 1.88. The molecule has 0 atom stereocenters. The Balaban J connectivity index is 1.26. The van der Waals surface area contributed by atoms with Gasteiger partial charge in [-0.05, 0) is 94.7 Å². The number of nitrogens with zero attached hydrogens (tertiary/aromatic N) is 4. The van der Waals surface area contributed by atoms with Crippen molar-refractivity contribution in [2.24, 2.45) is 0 Å². The molecule has 41 heavy (non-hydrogen) atoms. The van der Waals surface area contributed by atoms with Gasteiger partial charge in [0.25, 0.3) is 0 Å². The smallest absolute Gasteiger partial charge is 0.229 e. The van der Waals surface area contributed by atoms with Crippen LogP contribution >= 0.6 is 11.6 Å². The van der Waals surface area contributed by atoms with Crippen molar-refractivity contribution in [3.8, 4) is 5.75 Å². The lowest BCUT2D eigenvalue weighted by Crippen LogP contribution is -2.46. The fraction of sp³-hybridized carbons (Fsp3) is 0.448. The SMILES string of the molecule is COc1cc(C2CCN(C3CCN(C)CC3)CC2)ccc1Nc1ncc(Cl)c(Nc2ccccc2NS(C)(=O)=O)n1. The lowest BCUT2D eigenvalue weighted by Gasteiger charge is -2.41. The Labute approximate surface area is 247 Å². The number of hydrogen-bond donors (Lipinski definition) is 3. The van der Waals surface area contributed by atoms with Crippen LogP contribution in [0.4, 0.5) is 28.8 Å². The van der Waals surface area contributed by atoms with Gasteiger partial charge in [-0.1, -0.05) is 29.8 Å². The fourth-order valence-electron chi connectivity index (χ4n) is 5.67. The van der Waals surface area contributed by atoms with Crippen LogP contribution in [0.25, 0.3) is 0 Å². The first-order valence-corrected chi connectivity index (χ1v) is 16.2. The summed E-state index contributed by atoms with van der Waals surface area (Å²) in [4.78, 5) is 14.0. The first-order valence-electron chi connectivity index (χ1n) is 13.9. The van der Waals surface area contributed by atoms with Crippen molar-refractivity contribution in [3.63, 3.8) is 0 Å². The Hall–Kier alpha value is -3.12. The Kier molecular flexibility index (Phi) is 9.18. The zero-order valence-corrected chi connectivity index (χ0v) is 25.3. The second kappa shape index (κ2) is 12.8. The van der Waals surface area contributed by atoms with Crippen LogP contribution in [-0.4, -0.2) is 80.8 Å². The molecule has 220 valence electrons. The number of benzene rings is 2. The number of nitrogens with one attached hydrogen (secondary N) is 3. The number of rotatable bonds is 9. The molecule has 0 saturated carbocycles. The zero-order chi connectivity index (χ0) is 29.0. The first kappa shape index (κ1) is 29.4. The van der Waals surface area contributed by atoms with Gasteiger partial charge in [0.05, 0.1) is 36.6 Å². The number of ether oxygens (including phenoxy) is 1. The second-order valence-electron chi connectivity index (χ2n) is 10.9. The van der Waals surface area contributed by atoms with E-state index < -0.39 is 10.0 Å². The Bertz CT molecular complexity index is 1460. The number of anilines is 5. The maximum absolute atomic E-state index is 11.8. The van der Waals surface area contributed by atoms with Crippen molar-refractivity contribution in [1.82, 2.24) is 19.8 Å². The van der Waals surface area contributed by atoms with Gasteiger partial charge >= 0.3 is 0 Å². The topological polar surface area (TPSA) is 112 Å². The largest absolute Gasteiger partial charge is 0.495 e. The van der Waals surface area contributed by atoms with Gasteiger partial charge in [-0.3, -0.25) is 4.72 Å². The number of piperidine rings is 2. The van der Waals surface area contributed by atoms with E-state index in [4.69, 9.17) is 16.3 Å². The van der Waals surface area contributed by atoms with E-state index in [0.29, 0.717) is 34.1 Å². The molecule has 2 aromatic carbocycles. The molecular weight excluding hydrogens is 562 g/mol. The van der Waals surface area contributed by atoms with Gasteiger partial charge in [-0.25, -0.2) is 13.4 Å². The predicted octanol–water partition coefficient (Wildman–Crippen LogP) is 5.27. The maximum atomic E-state index is 11.8. The molecule has 3 heterocycles. The van der Waals surface area contributed by atoms with Gasteiger partial charge in [0.15, 0.2) is 5.82 Å². The molecule has 2 aliphatic rings. The van der Waals surface area contributed by atoms with Gasteiger partial charge in [-0.2, -0.15) is 4.98 Å². The molecule has 0 amide bonds. The number of hydrogen-bond acceptors (Lipinski definition) is 9. The van der Waals surface area contributed by atoms with Crippen LogP contribution < -0.4 is 20.1 Å². The number of halogens is 1. The van der Waals surface area contributed by atoms with E-state index in [-0.39, 0.29) is 0 Å². The van der Waals surface area contributed by atoms with Gasteiger partial charge in [0.1, 0.15) is 10.8 Å². The number of likely N-dealkylation sites (tertiary alicyclic amines) is 2. The number of methoxy groups -OCH3 is 1. The highest BCUT2D eigenvalue weighted by molar-refractivity contribution is 7.92. The third-order valence-corrected chi connectivity index (χ3v) is 8.76. The van der Waals surface area contributed by atoms with Crippen LogP contribution in [0.15, 0.2) is 48.7 Å². The highest BCUT2D eigenvalue weighted by Gasteiger charge is 2.28. The maximum Gasteiger partial charge on any atom is 0.229 e. The predicted molar refractivity (Wildman–Crippen MR) is 166 cm³/mol. The van der Waals surface area contributed by atoms with Crippen molar-refractivity contribution in [1.29, 1.82) is 0 Å². The molecule has 0 aliphatic carbocycles. The number of sulfonamides is 1. The molecule has 1 aromatic heterocycles. The van der Waals surface area contributed by atoms with Crippen LogP contribution in [0, 0.1) is 0 Å². The third-order valence-electron chi connectivity index (χ3n) is 7.90. The number of aromatic nitrogens is 2. The van der Waals surface area contributed by atoms with Crippen LogP contribution in [0.2, 0.25) is 5.02 Å². The molecular formula is C29H38ClN7O3S. The van der Waals surface area contributed by atoms with Crippen molar-refractivity contribution in [2.45, 2.75) is 37.6 Å². The number of para-hydroxylation sites is 2. The summed E-state index contributed by atoms with van der Waals surface area (Å²) >= 11 is 6.38. The summed E-state index contributed by atoms with van der Waals surface area (Å²) in [5.41, 5.74) is 2.92. The first-order chi connectivity index (χ1) is 19.7. The molecule has 2 fully saturated rings. The summed E-state index contributed by atoms with van der Waals surface area (Å²) in [6, 6.07) is 13.9. The third kappa shape index (κ3) is 7.59. The van der Waals surface area contributed by atoms with E-state index in [2.05, 4.69) is 54.3 Å². The fourth-order valence-corrected chi connectivity index (χ4v) is 6.38. The van der Waals surface area contributed by atoms with Crippen LogP contribution in [-0.2, 0) is 10.0 Å². The van der Waals surface area contributed by atoms with Crippen molar-refractivity contribution in [2.75, 3.05) is 61.9 Å². The monoisotopic (exact) mass is 599 g/mol. The van der Waals surface area contributed by atoms with E-state index >= 15 is 0 Å². The second-order valence-corrected chi connectivity index (χ2v) is 13.0. The summed E-state index contributed by atoms with van der Waals surface area (Å²) in [6.45, 7) is 4.66. The molecule has 3 N–H and O–H groups in total. The molecule has 5 rings (SSSR count). The normalized spacial score (nSPS) is 17.8. The van der Waals surface area contributed by atoms with E-state index in [1.165, 1.54) is 37.7 Å². The molecule has 10 nitrogen and oxygen atoms in total. The van der Waals surface area contributed by atoms with E-state index in [1.807, 2.05) is 6.07 Å². The molecule has 0 radical (unpaired) electrons. The molecule has 0 unspecified atom stereocenters.